The SMILES string of the molecule is Nc1cccc(Cl)c1NC(=O)c1cccc(C(F)(F)F)c1. The zero-order valence-electron chi connectivity index (χ0n) is 10.5. The van der Waals surface area contributed by atoms with Crippen LogP contribution >= 0.6 is 11.6 Å². The van der Waals surface area contributed by atoms with Gasteiger partial charge in [0.25, 0.3) is 5.91 Å². The number of carbonyl (C=O) groups excluding carboxylic acids is 1. The van der Waals surface area contributed by atoms with Gasteiger partial charge in [0.2, 0.25) is 0 Å². The predicted molar refractivity (Wildman–Crippen MR) is 75.3 cm³/mol. The lowest BCUT2D eigenvalue weighted by Crippen LogP contribution is -2.15. The Morgan fingerprint density at radius 3 is 2.43 bits per heavy atom. The molecule has 0 aliphatic rings. The van der Waals surface area contributed by atoms with Gasteiger partial charge in [-0.2, -0.15) is 13.2 Å². The van der Waals surface area contributed by atoms with Crippen molar-refractivity contribution in [1.29, 1.82) is 0 Å². The van der Waals surface area contributed by atoms with E-state index >= 15 is 0 Å². The van der Waals surface area contributed by atoms with Crippen LogP contribution in [-0.2, 0) is 6.18 Å². The van der Waals surface area contributed by atoms with Gasteiger partial charge in [0.1, 0.15) is 0 Å². The molecule has 3 N–H and O–H groups in total. The maximum Gasteiger partial charge on any atom is 0.416 e. The first-order chi connectivity index (χ1) is 9.79. The number of alkyl halides is 3. The molecule has 0 bridgehead atoms. The van der Waals surface area contributed by atoms with Crippen LogP contribution in [0.1, 0.15) is 15.9 Å². The quantitative estimate of drug-likeness (QED) is 0.816. The molecule has 2 aromatic rings. The van der Waals surface area contributed by atoms with Gasteiger partial charge in [0, 0.05) is 5.56 Å². The van der Waals surface area contributed by atoms with Crippen molar-refractivity contribution in [2.24, 2.45) is 0 Å². The minimum atomic E-state index is -4.51. The van der Waals surface area contributed by atoms with Gasteiger partial charge in [-0.3, -0.25) is 4.79 Å². The number of carbonyl (C=O) groups is 1. The Labute approximate surface area is 123 Å². The Kier molecular flexibility index (Phi) is 4.09. The maximum atomic E-state index is 12.6. The number of anilines is 2. The molecule has 0 saturated carbocycles. The van der Waals surface area contributed by atoms with Gasteiger partial charge in [-0.1, -0.05) is 23.7 Å². The highest BCUT2D eigenvalue weighted by atomic mass is 35.5. The van der Waals surface area contributed by atoms with E-state index in [0.717, 1.165) is 18.2 Å². The van der Waals surface area contributed by atoms with Crippen LogP contribution < -0.4 is 11.1 Å². The van der Waals surface area contributed by atoms with Crippen LogP contribution in [0.2, 0.25) is 5.02 Å². The Morgan fingerprint density at radius 1 is 1.14 bits per heavy atom. The lowest BCUT2D eigenvalue weighted by molar-refractivity contribution is -0.137. The summed E-state index contributed by atoms with van der Waals surface area (Å²) in [5.74, 6) is -0.721. The van der Waals surface area contributed by atoms with E-state index < -0.39 is 17.6 Å². The zero-order chi connectivity index (χ0) is 15.6. The van der Waals surface area contributed by atoms with Crippen LogP contribution in [0, 0.1) is 0 Å². The van der Waals surface area contributed by atoms with Crippen molar-refractivity contribution < 1.29 is 18.0 Å². The van der Waals surface area contributed by atoms with E-state index in [4.69, 9.17) is 17.3 Å². The fraction of sp³-hybridized carbons (Fsp3) is 0.0714. The molecule has 2 aromatic carbocycles. The topological polar surface area (TPSA) is 55.1 Å². The summed E-state index contributed by atoms with van der Waals surface area (Å²) in [5, 5.41) is 2.61. The fourth-order valence-electron chi connectivity index (χ4n) is 1.70. The van der Waals surface area contributed by atoms with Crippen LogP contribution in [0.5, 0.6) is 0 Å². The third-order valence-corrected chi connectivity index (χ3v) is 3.05. The van der Waals surface area contributed by atoms with Crippen LogP contribution in [0.25, 0.3) is 0 Å². The molecule has 0 aromatic heterocycles. The Balaban J connectivity index is 2.29. The molecule has 0 fully saturated rings. The van der Waals surface area contributed by atoms with Gasteiger partial charge in [0.05, 0.1) is 22.0 Å². The lowest BCUT2D eigenvalue weighted by Gasteiger charge is -2.11. The van der Waals surface area contributed by atoms with E-state index in [0.29, 0.717) is 0 Å². The average Bonchev–Trinajstić information content (AvgIpc) is 2.42. The molecule has 1 amide bonds. The van der Waals surface area contributed by atoms with E-state index in [2.05, 4.69) is 5.32 Å². The first-order valence-corrected chi connectivity index (χ1v) is 6.19. The second kappa shape index (κ2) is 5.65. The van der Waals surface area contributed by atoms with Gasteiger partial charge in [-0.25, -0.2) is 0 Å². The van der Waals surface area contributed by atoms with E-state index in [1.54, 1.807) is 6.07 Å². The van der Waals surface area contributed by atoms with Crippen molar-refractivity contribution >= 4 is 28.9 Å². The van der Waals surface area contributed by atoms with Crippen molar-refractivity contribution in [2.45, 2.75) is 6.18 Å². The molecule has 3 nitrogen and oxygen atoms in total. The number of hydrogen-bond acceptors (Lipinski definition) is 2. The van der Waals surface area contributed by atoms with E-state index in [1.807, 2.05) is 0 Å². The minimum absolute atomic E-state index is 0.135. The molecule has 21 heavy (non-hydrogen) atoms. The number of amides is 1. The second-order valence-electron chi connectivity index (χ2n) is 4.24. The van der Waals surface area contributed by atoms with Crippen molar-refractivity contribution in [1.82, 2.24) is 0 Å². The summed E-state index contributed by atoms with van der Waals surface area (Å²) in [4.78, 5) is 12.0. The third kappa shape index (κ3) is 3.46. The number of nitrogen functional groups attached to an aromatic ring is 1. The number of hydrogen-bond donors (Lipinski definition) is 2. The average molecular weight is 315 g/mol. The third-order valence-electron chi connectivity index (χ3n) is 2.74. The molecule has 0 saturated heterocycles. The molecule has 0 unspecified atom stereocenters. The van der Waals surface area contributed by atoms with E-state index in [1.165, 1.54) is 18.2 Å². The number of nitrogens with one attached hydrogen (secondary N) is 1. The summed E-state index contributed by atoms with van der Waals surface area (Å²) < 4.78 is 37.8. The van der Waals surface area contributed by atoms with Gasteiger partial charge >= 0.3 is 6.18 Å². The molecule has 0 aliphatic heterocycles. The number of nitrogens with two attached hydrogens (primary N) is 1. The summed E-state index contributed by atoms with van der Waals surface area (Å²) >= 11 is 5.89. The highest BCUT2D eigenvalue weighted by Crippen LogP contribution is 2.31. The molecule has 0 atom stereocenters. The monoisotopic (exact) mass is 314 g/mol. The highest BCUT2D eigenvalue weighted by molar-refractivity contribution is 6.34. The van der Waals surface area contributed by atoms with Gasteiger partial charge in [-0.15, -0.1) is 0 Å². The molecule has 110 valence electrons. The summed E-state index contributed by atoms with van der Waals surface area (Å²) in [5.41, 5.74) is 5.03. The van der Waals surface area contributed by atoms with E-state index in [-0.39, 0.29) is 22.0 Å². The molecular weight excluding hydrogens is 305 g/mol. The predicted octanol–water partition coefficient (Wildman–Crippen LogP) is 4.19. The molecule has 2 rings (SSSR count). The van der Waals surface area contributed by atoms with Gasteiger partial charge in [-0.05, 0) is 30.3 Å². The summed E-state index contributed by atoms with van der Waals surface area (Å²) in [7, 11) is 0. The van der Waals surface area contributed by atoms with Crippen molar-refractivity contribution in [3.05, 3.63) is 58.6 Å². The number of benzene rings is 2. The minimum Gasteiger partial charge on any atom is -0.397 e. The molecule has 0 radical (unpaired) electrons. The number of rotatable bonds is 2. The summed E-state index contributed by atoms with van der Waals surface area (Å²) in [6.45, 7) is 0. The second-order valence-corrected chi connectivity index (χ2v) is 4.64. The van der Waals surface area contributed by atoms with Crippen molar-refractivity contribution in [3.8, 4) is 0 Å². The number of halogens is 4. The smallest absolute Gasteiger partial charge is 0.397 e. The maximum absolute atomic E-state index is 12.6. The van der Waals surface area contributed by atoms with Crippen molar-refractivity contribution in [2.75, 3.05) is 11.1 Å². The highest BCUT2D eigenvalue weighted by Gasteiger charge is 2.30. The van der Waals surface area contributed by atoms with Crippen LogP contribution in [0.4, 0.5) is 24.5 Å². The first-order valence-electron chi connectivity index (χ1n) is 5.81. The van der Waals surface area contributed by atoms with Gasteiger partial charge < -0.3 is 11.1 Å². The molecule has 0 aliphatic carbocycles. The standard InChI is InChI=1S/C14H10ClF3N2O/c15-10-5-2-6-11(19)12(10)20-13(21)8-3-1-4-9(7-8)14(16,17)18/h1-7H,19H2,(H,20,21). The Morgan fingerprint density at radius 2 is 1.81 bits per heavy atom. The molecular formula is C14H10ClF3N2O. The van der Waals surface area contributed by atoms with E-state index in [9.17, 15) is 18.0 Å². The molecule has 0 spiro atoms. The van der Waals surface area contributed by atoms with Crippen LogP contribution in [-0.4, -0.2) is 5.91 Å². The Hall–Kier alpha value is -2.21. The van der Waals surface area contributed by atoms with Crippen molar-refractivity contribution in [3.63, 3.8) is 0 Å². The largest absolute Gasteiger partial charge is 0.416 e. The zero-order valence-corrected chi connectivity index (χ0v) is 11.3. The number of para-hydroxylation sites is 1. The van der Waals surface area contributed by atoms with Crippen LogP contribution in [0.15, 0.2) is 42.5 Å². The lowest BCUT2D eigenvalue weighted by atomic mass is 10.1. The van der Waals surface area contributed by atoms with Crippen LogP contribution in [0.3, 0.4) is 0 Å². The Bertz CT molecular complexity index is 666. The fourth-order valence-corrected chi connectivity index (χ4v) is 1.92. The summed E-state index contributed by atoms with van der Waals surface area (Å²) in [6, 6.07) is 8.72. The first kappa shape index (κ1) is 15.2. The van der Waals surface area contributed by atoms with Gasteiger partial charge in [0.15, 0.2) is 0 Å². The molecule has 0 heterocycles. The molecule has 7 heteroatoms. The summed E-state index contributed by atoms with van der Waals surface area (Å²) in [6.07, 6.45) is -4.51. The normalized spacial score (nSPS) is 11.2.